The zero-order valence-electron chi connectivity index (χ0n) is 15.4. The summed E-state index contributed by atoms with van der Waals surface area (Å²) in [6.07, 6.45) is 0.501. The Bertz CT molecular complexity index is 995. The molecule has 5 nitrogen and oxygen atoms in total. The Hall–Kier alpha value is -2.56. The van der Waals surface area contributed by atoms with Crippen molar-refractivity contribution in [1.82, 2.24) is 5.32 Å². The van der Waals surface area contributed by atoms with Crippen molar-refractivity contribution in [2.24, 2.45) is 0 Å². The van der Waals surface area contributed by atoms with Gasteiger partial charge in [0.05, 0.1) is 5.25 Å². The van der Waals surface area contributed by atoms with Gasteiger partial charge in [-0.2, -0.15) is 5.26 Å². The van der Waals surface area contributed by atoms with Gasteiger partial charge < -0.3 is 5.32 Å². The lowest BCUT2D eigenvalue weighted by atomic mass is 10.1. The number of thioether (sulfide) groups is 1. The zero-order valence-corrected chi connectivity index (χ0v) is 17.8. The third-order valence-corrected chi connectivity index (χ3v) is 6.09. The minimum Gasteiger partial charge on any atom is -0.354 e. The van der Waals surface area contributed by atoms with Gasteiger partial charge in [0.2, 0.25) is 5.91 Å². The predicted octanol–water partition coefficient (Wildman–Crippen LogP) is 3.93. The van der Waals surface area contributed by atoms with E-state index in [1.54, 1.807) is 0 Å². The number of nitrogens with zero attached hydrogens (tertiary/aromatic N) is 2. The average molecular weight is 456 g/mol. The smallest absolute Gasteiger partial charge is 0.264 e. The topological polar surface area (TPSA) is 73.2 Å². The number of carbonyl (C=O) groups is 2. The lowest BCUT2D eigenvalue weighted by molar-refractivity contribution is -0.117. The van der Waals surface area contributed by atoms with E-state index in [4.69, 9.17) is 0 Å². The largest absolute Gasteiger partial charge is 0.354 e. The number of hydrogen-bond acceptors (Lipinski definition) is 4. The number of benzene rings is 2. The molecule has 1 N–H and O–H groups in total. The fourth-order valence-corrected chi connectivity index (χ4v) is 4.67. The Morgan fingerprint density at radius 1 is 1.29 bits per heavy atom. The van der Waals surface area contributed by atoms with Gasteiger partial charge in [-0.05, 0) is 43.2 Å². The molecular formula is C21H18BrN3O2S. The second-order valence-corrected chi connectivity index (χ2v) is 8.43. The van der Waals surface area contributed by atoms with Gasteiger partial charge >= 0.3 is 0 Å². The van der Waals surface area contributed by atoms with E-state index in [1.165, 1.54) is 23.7 Å². The molecule has 2 amide bonds. The molecule has 7 heteroatoms. The highest BCUT2D eigenvalue weighted by molar-refractivity contribution is 9.10. The van der Waals surface area contributed by atoms with Crippen LogP contribution in [0.2, 0.25) is 0 Å². The van der Waals surface area contributed by atoms with Crippen LogP contribution >= 0.6 is 27.7 Å². The first-order valence-electron chi connectivity index (χ1n) is 8.62. The molecule has 2 aromatic carbocycles. The normalized spacial score (nSPS) is 18.0. The Kier molecular flexibility index (Phi) is 6.22. The number of nitriles is 1. The van der Waals surface area contributed by atoms with Crippen LogP contribution in [0.15, 0.2) is 63.6 Å². The molecule has 0 unspecified atom stereocenters. The summed E-state index contributed by atoms with van der Waals surface area (Å²) in [4.78, 5) is 27.0. The maximum Gasteiger partial charge on any atom is 0.264 e. The molecule has 1 fully saturated rings. The number of likely N-dealkylation sites (N-methyl/N-ethyl adjacent to an activating group) is 1. The van der Waals surface area contributed by atoms with Gasteiger partial charge in [0, 0.05) is 17.2 Å². The third kappa shape index (κ3) is 4.13. The third-order valence-electron chi connectivity index (χ3n) is 4.33. The molecule has 142 valence electrons. The molecule has 0 saturated carbocycles. The van der Waals surface area contributed by atoms with E-state index in [0.717, 1.165) is 15.6 Å². The van der Waals surface area contributed by atoms with Crippen molar-refractivity contribution < 1.29 is 9.59 Å². The molecule has 0 aromatic heterocycles. The Balaban J connectivity index is 2.04. The summed E-state index contributed by atoms with van der Waals surface area (Å²) in [5, 5.41) is 12.0. The first-order valence-corrected chi connectivity index (χ1v) is 10.3. The van der Waals surface area contributed by atoms with Gasteiger partial charge in [-0.15, -0.1) is 0 Å². The van der Waals surface area contributed by atoms with Crippen LogP contribution in [0.25, 0.3) is 0 Å². The van der Waals surface area contributed by atoms with E-state index < -0.39 is 11.2 Å². The summed E-state index contributed by atoms with van der Waals surface area (Å²) >= 11 is 4.71. The number of aryl methyl sites for hydroxylation is 1. The summed E-state index contributed by atoms with van der Waals surface area (Å²) < 4.78 is 0.940. The van der Waals surface area contributed by atoms with Crippen molar-refractivity contribution in [3.63, 3.8) is 0 Å². The number of carbonyl (C=O) groups excluding carboxylic acids is 2. The highest BCUT2D eigenvalue weighted by atomic mass is 79.9. The summed E-state index contributed by atoms with van der Waals surface area (Å²) in [6.45, 7) is 1.96. The predicted molar refractivity (Wildman–Crippen MR) is 115 cm³/mol. The van der Waals surface area contributed by atoms with Crippen LogP contribution in [0.3, 0.4) is 0 Å². The molecule has 0 aliphatic carbocycles. The fraction of sp³-hybridized carbons (Fsp3) is 0.190. The summed E-state index contributed by atoms with van der Waals surface area (Å²) in [5.41, 5.74) is 2.65. The average Bonchev–Trinajstić information content (AvgIpc) is 2.99. The SMILES string of the molecule is CNC(=O)/C(C#N)=C1/S[C@@H](Cc2cccc(Br)c2)C(=O)N1c1ccc(C)cc1. The zero-order chi connectivity index (χ0) is 20.3. The summed E-state index contributed by atoms with van der Waals surface area (Å²) in [5.74, 6) is -0.640. The summed E-state index contributed by atoms with van der Waals surface area (Å²) in [7, 11) is 1.47. The van der Waals surface area contributed by atoms with Crippen LogP contribution in [0.4, 0.5) is 5.69 Å². The second-order valence-electron chi connectivity index (χ2n) is 6.32. The summed E-state index contributed by atoms with van der Waals surface area (Å²) in [6, 6.07) is 17.2. The van der Waals surface area contributed by atoms with Gasteiger partial charge in [-0.1, -0.05) is 57.5 Å². The monoisotopic (exact) mass is 455 g/mol. The Morgan fingerprint density at radius 3 is 2.61 bits per heavy atom. The van der Waals surface area contributed by atoms with E-state index in [2.05, 4.69) is 21.2 Å². The number of rotatable bonds is 4. The number of anilines is 1. The molecule has 1 atom stereocenters. The number of nitrogens with one attached hydrogen (secondary N) is 1. The number of hydrogen-bond donors (Lipinski definition) is 1. The van der Waals surface area contributed by atoms with Crippen LogP contribution < -0.4 is 10.2 Å². The second kappa shape index (κ2) is 8.63. The lowest BCUT2D eigenvalue weighted by Crippen LogP contribution is -2.31. The van der Waals surface area contributed by atoms with Gasteiger partial charge in [-0.25, -0.2) is 0 Å². The van der Waals surface area contributed by atoms with E-state index in [0.29, 0.717) is 17.1 Å². The molecule has 1 aliphatic heterocycles. The van der Waals surface area contributed by atoms with E-state index >= 15 is 0 Å². The van der Waals surface area contributed by atoms with Crippen LogP contribution in [0.1, 0.15) is 11.1 Å². The van der Waals surface area contributed by atoms with Crippen molar-refractivity contribution in [1.29, 1.82) is 5.26 Å². The molecule has 3 rings (SSSR count). The maximum atomic E-state index is 13.2. The van der Waals surface area contributed by atoms with Gasteiger partial charge in [0.15, 0.2) is 0 Å². The van der Waals surface area contributed by atoms with E-state index in [9.17, 15) is 14.9 Å². The molecule has 0 spiro atoms. The fourth-order valence-electron chi connectivity index (χ4n) is 2.92. The quantitative estimate of drug-likeness (QED) is 0.559. The highest BCUT2D eigenvalue weighted by Gasteiger charge is 2.40. The van der Waals surface area contributed by atoms with Crippen LogP contribution in [0, 0.1) is 18.3 Å². The standard InChI is InChI=1S/C21H18BrN3O2S/c1-13-6-8-16(9-7-13)25-20(27)18(11-14-4-3-5-15(22)10-14)28-21(25)17(12-23)19(26)24-2/h3-10,18H,11H2,1-2H3,(H,24,26)/b21-17+/t18-/m0/s1. The van der Waals surface area contributed by atoms with Crippen molar-refractivity contribution in [3.05, 3.63) is 74.7 Å². The first-order chi connectivity index (χ1) is 13.4. The van der Waals surface area contributed by atoms with Gasteiger partial charge in [-0.3, -0.25) is 14.5 Å². The highest BCUT2D eigenvalue weighted by Crippen LogP contribution is 2.42. The Morgan fingerprint density at radius 2 is 2.00 bits per heavy atom. The minimum absolute atomic E-state index is 0.0573. The number of amides is 2. The van der Waals surface area contributed by atoms with Gasteiger partial charge in [0.25, 0.3) is 5.91 Å². The minimum atomic E-state index is -0.502. The molecule has 0 radical (unpaired) electrons. The van der Waals surface area contributed by atoms with Crippen molar-refractivity contribution in [2.75, 3.05) is 11.9 Å². The molecule has 1 heterocycles. The number of halogens is 1. The van der Waals surface area contributed by atoms with Crippen LogP contribution in [0.5, 0.6) is 0 Å². The molecule has 0 bridgehead atoms. The first kappa shape index (κ1) is 20.2. The van der Waals surface area contributed by atoms with E-state index in [-0.39, 0.29) is 11.5 Å². The molecule has 1 aliphatic rings. The van der Waals surface area contributed by atoms with Crippen molar-refractivity contribution in [3.8, 4) is 6.07 Å². The maximum absolute atomic E-state index is 13.2. The molecule has 2 aromatic rings. The van der Waals surface area contributed by atoms with Crippen LogP contribution in [-0.4, -0.2) is 24.1 Å². The molecule has 1 saturated heterocycles. The molecule has 28 heavy (non-hydrogen) atoms. The van der Waals surface area contributed by atoms with Crippen molar-refractivity contribution >= 4 is 45.2 Å². The molecular weight excluding hydrogens is 438 g/mol. The Labute approximate surface area is 176 Å². The van der Waals surface area contributed by atoms with E-state index in [1.807, 2.05) is 61.5 Å². The van der Waals surface area contributed by atoms with Crippen LogP contribution in [-0.2, 0) is 16.0 Å². The van der Waals surface area contributed by atoms with Crippen molar-refractivity contribution in [2.45, 2.75) is 18.6 Å². The lowest BCUT2D eigenvalue weighted by Gasteiger charge is -2.18. The van der Waals surface area contributed by atoms with Gasteiger partial charge in [0.1, 0.15) is 16.7 Å².